The van der Waals surface area contributed by atoms with Crippen molar-refractivity contribution in [1.29, 1.82) is 0 Å². The maximum Gasteiger partial charge on any atom is 0.316 e. The Labute approximate surface area is 113 Å². The second-order valence-corrected chi connectivity index (χ2v) is 4.22. The second kappa shape index (κ2) is 7.97. The fraction of sp³-hybridized carbons (Fsp3) is 0.385. The Balaban J connectivity index is 2.10. The first-order valence-corrected chi connectivity index (χ1v) is 6.10. The van der Waals surface area contributed by atoms with Crippen LogP contribution in [-0.2, 0) is 6.54 Å². The number of urea groups is 2. The Morgan fingerprint density at radius 2 is 1.63 bits per heavy atom. The maximum atomic E-state index is 11.4. The van der Waals surface area contributed by atoms with E-state index in [0.29, 0.717) is 19.6 Å². The van der Waals surface area contributed by atoms with Crippen molar-refractivity contribution in [3.05, 3.63) is 35.9 Å². The van der Waals surface area contributed by atoms with E-state index in [1.54, 1.807) is 14.1 Å². The summed E-state index contributed by atoms with van der Waals surface area (Å²) in [5.74, 6) is 0. The van der Waals surface area contributed by atoms with E-state index in [1.165, 1.54) is 4.90 Å². The molecule has 19 heavy (non-hydrogen) atoms. The molecule has 4 amide bonds. The number of benzene rings is 1. The van der Waals surface area contributed by atoms with Crippen molar-refractivity contribution in [1.82, 2.24) is 20.9 Å². The van der Waals surface area contributed by atoms with Crippen molar-refractivity contribution in [3.63, 3.8) is 0 Å². The molecule has 0 aliphatic carbocycles. The normalized spacial score (nSPS) is 9.58. The Hall–Kier alpha value is -2.24. The molecule has 1 rings (SSSR count). The van der Waals surface area contributed by atoms with Gasteiger partial charge in [-0.05, 0) is 5.56 Å². The summed E-state index contributed by atoms with van der Waals surface area (Å²) in [7, 11) is 3.32. The van der Waals surface area contributed by atoms with Gasteiger partial charge in [0.1, 0.15) is 0 Å². The lowest BCUT2D eigenvalue weighted by Gasteiger charge is -2.12. The second-order valence-electron chi connectivity index (χ2n) is 4.22. The first kappa shape index (κ1) is 14.8. The van der Waals surface area contributed by atoms with Crippen LogP contribution in [0.1, 0.15) is 5.56 Å². The highest BCUT2D eigenvalue weighted by atomic mass is 16.2. The number of nitrogens with one attached hydrogen (secondary N) is 3. The maximum absolute atomic E-state index is 11.4. The summed E-state index contributed by atoms with van der Waals surface area (Å²) in [6.45, 7) is 1.27. The van der Waals surface area contributed by atoms with Crippen LogP contribution in [0.4, 0.5) is 9.59 Å². The summed E-state index contributed by atoms with van der Waals surface area (Å²) in [5, 5.41) is 8.06. The lowest BCUT2D eigenvalue weighted by Crippen LogP contribution is -2.42. The van der Waals surface area contributed by atoms with E-state index in [4.69, 9.17) is 0 Å². The third-order valence-electron chi connectivity index (χ3n) is 2.39. The Bertz CT molecular complexity index is 406. The molecule has 0 fully saturated rings. The van der Waals surface area contributed by atoms with Crippen LogP contribution in [0, 0.1) is 0 Å². The van der Waals surface area contributed by atoms with Gasteiger partial charge in [-0.1, -0.05) is 30.3 Å². The first-order valence-electron chi connectivity index (χ1n) is 6.10. The van der Waals surface area contributed by atoms with Crippen LogP contribution in [0.3, 0.4) is 0 Å². The molecule has 0 bridgehead atoms. The van der Waals surface area contributed by atoms with Crippen molar-refractivity contribution in [2.75, 3.05) is 27.2 Å². The molecule has 0 aliphatic rings. The zero-order valence-corrected chi connectivity index (χ0v) is 11.3. The van der Waals surface area contributed by atoms with Gasteiger partial charge in [0.2, 0.25) is 0 Å². The highest BCUT2D eigenvalue weighted by Gasteiger charge is 2.02. The molecular weight excluding hydrogens is 244 g/mol. The number of hydrogen-bond acceptors (Lipinski definition) is 2. The molecule has 0 aliphatic heterocycles. The molecule has 3 N–H and O–H groups in total. The molecule has 0 spiro atoms. The topological polar surface area (TPSA) is 73.5 Å². The van der Waals surface area contributed by atoms with Crippen LogP contribution >= 0.6 is 0 Å². The van der Waals surface area contributed by atoms with Gasteiger partial charge in [0.05, 0.1) is 0 Å². The van der Waals surface area contributed by atoms with E-state index >= 15 is 0 Å². The van der Waals surface area contributed by atoms with Gasteiger partial charge in [-0.2, -0.15) is 0 Å². The summed E-state index contributed by atoms with van der Waals surface area (Å²) >= 11 is 0. The third kappa shape index (κ3) is 6.30. The first-order chi connectivity index (χ1) is 9.09. The summed E-state index contributed by atoms with van der Waals surface area (Å²) in [5.41, 5.74) is 1.04. The summed E-state index contributed by atoms with van der Waals surface area (Å²) in [4.78, 5) is 24.1. The van der Waals surface area contributed by atoms with Gasteiger partial charge in [0.25, 0.3) is 0 Å². The molecular formula is C13H20N4O2. The zero-order chi connectivity index (χ0) is 14.1. The molecule has 0 saturated heterocycles. The smallest absolute Gasteiger partial charge is 0.316 e. The SMILES string of the molecule is CN(C)C(=O)NCCNC(=O)NCc1ccccc1. The van der Waals surface area contributed by atoms with Crippen molar-refractivity contribution in [2.45, 2.75) is 6.54 Å². The Morgan fingerprint density at radius 1 is 1.00 bits per heavy atom. The van der Waals surface area contributed by atoms with Crippen LogP contribution in [0.25, 0.3) is 0 Å². The van der Waals surface area contributed by atoms with Crippen LogP contribution in [0.15, 0.2) is 30.3 Å². The van der Waals surface area contributed by atoms with Gasteiger partial charge in [-0.15, -0.1) is 0 Å². The molecule has 104 valence electrons. The van der Waals surface area contributed by atoms with E-state index in [2.05, 4.69) is 16.0 Å². The largest absolute Gasteiger partial charge is 0.336 e. The van der Waals surface area contributed by atoms with Gasteiger partial charge >= 0.3 is 12.1 Å². The number of rotatable bonds is 5. The van der Waals surface area contributed by atoms with E-state index < -0.39 is 0 Å². The standard InChI is InChI=1S/C13H20N4O2/c1-17(2)13(19)15-9-8-14-12(18)16-10-11-6-4-3-5-7-11/h3-7H,8-10H2,1-2H3,(H,15,19)(H2,14,16,18). The molecule has 0 saturated carbocycles. The molecule has 0 aromatic heterocycles. The van der Waals surface area contributed by atoms with Crippen LogP contribution in [0.2, 0.25) is 0 Å². The fourth-order valence-corrected chi connectivity index (χ4v) is 1.34. The predicted molar refractivity (Wildman–Crippen MR) is 73.8 cm³/mol. The minimum Gasteiger partial charge on any atom is -0.336 e. The number of amides is 4. The number of carbonyl (C=O) groups is 2. The monoisotopic (exact) mass is 264 g/mol. The minimum absolute atomic E-state index is 0.175. The quantitative estimate of drug-likeness (QED) is 0.687. The van der Waals surface area contributed by atoms with Crippen molar-refractivity contribution in [3.8, 4) is 0 Å². The van der Waals surface area contributed by atoms with E-state index in [1.807, 2.05) is 30.3 Å². The molecule has 1 aromatic carbocycles. The number of nitrogens with zero attached hydrogens (tertiary/aromatic N) is 1. The van der Waals surface area contributed by atoms with Crippen LogP contribution < -0.4 is 16.0 Å². The van der Waals surface area contributed by atoms with Crippen molar-refractivity contribution in [2.24, 2.45) is 0 Å². The minimum atomic E-state index is -0.247. The molecule has 1 aromatic rings. The lowest BCUT2D eigenvalue weighted by atomic mass is 10.2. The highest BCUT2D eigenvalue weighted by Crippen LogP contribution is 1.96. The fourth-order valence-electron chi connectivity index (χ4n) is 1.34. The van der Waals surface area contributed by atoms with Gasteiger partial charge in [0.15, 0.2) is 0 Å². The molecule has 6 heteroatoms. The van der Waals surface area contributed by atoms with E-state index in [0.717, 1.165) is 5.56 Å². The van der Waals surface area contributed by atoms with Crippen LogP contribution in [0.5, 0.6) is 0 Å². The molecule has 0 heterocycles. The highest BCUT2D eigenvalue weighted by molar-refractivity contribution is 5.74. The average Bonchev–Trinajstić information content (AvgIpc) is 2.42. The van der Waals surface area contributed by atoms with Crippen molar-refractivity contribution < 1.29 is 9.59 Å². The molecule has 0 unspecified atom stereocenters. The van der Waals surface area contributed by atoms with E-state index in [-0.39, 0.29) is 12.1 Å². The predicted octanol–water partition coefficient (Wildman–Crippen LogP) is 0.757. The van der Waals surface area contributed by atoms with Crippen molar-refractivity contribution >= 4 is 12.1 Å². The Morgan fingerprint density at radius 3 is 2.26 bits per heavy atom. The zero-order valence-electron chi connectivity index (χ0n) is 11.3. The third-order valence-corrected chi connectivity index (χ3v) is 2.39. The lowest BCUT2D eigenvalue weighted by molar-refractivity contribution is 0.217. The molecule has 0 atom stereocenters. The van der Waals surface area contributed by atoms with E-state index in [9.17, 15) is 9.59 Å². The summed E-state index contributed by atoms with van der Waals surface area (Å²) in [6, 6.07) is 9.23. The average molecular weight is 264 g/mol. The number of hydrogen-bond donors (Lipinski definition) is 3. The van der Waals surface area contributed by atoms with Gasteiger partial charge in [-0.3, -0.25) is 0 Å². The Kier molecular flexibility index (Phi) is 6.21. The van der Waals surface area contributed by atoms with Gasteiger partial charge < -0.3 is 20.9 Å². The van der Waals surface area contributed by atoms with Crippen LogP contribution in [-0.4, -0.2) is 44.1 Å². The summed E-state index contributed by atoms with van der Waals surface area (Å²) < 4.78 is 0. The van der Waals surface area contributed by atoms with Gasteiger partial charge in [-0.25, -0.2) is 9.59 Å². The summed E-state index contributed by atoms with van der Waals surface area (Å²) in [6.07, 6.45) is 0. The number of carbonyl (C=O) groups excluding carboxylic acids is 2. The molecule has 0 radical (unpaired) electrons. The van der Waals surface area contributed by atoms with Gasteiger partial charge in [0, 0.05) is 33.7 Å². The molecule has 6 nitrogen and oxygen atoms in total.